The van der Waals surface area contributed by atoms with Crippen molar-refractivity contribution in [2.45, 2.75) is 26.3 Å². The molecule has 3 nitrogen and oxygen atoms in total. The highest BCUT2D eigenvalue weighted by atomic mass is 127. The fraction of sp³-hybridized carbons (Fsp3) is 0.286. The Morgan fingerprint density at radius 2 is 2.30 bits per heavy atom. The Hall–Kier alpha value is -0.660. The summed E-state index contributed by atoms with van der Waals surface area (Å²) in [6.45, 7) is 4.03. The summed E-state index contributed by atoms with van der Waals surface area (Å²) < 4.78 is 0.932. The Morgan fingerprint density at radius 1 is 1.55 bits per heavy atom. The predicted molar refractivity (Wildman–Crippen MR) is 91.5 cm³/mol. The van der Waals surface area contributed by atoms with Crippen LogP contribution in [0.1, 0.15) is 40.1 Å². The van der Waals surface area contributed by atoms with Crippen LogP contribution >= 0.6 is 45.5 Å². The van der Waals surface area contributed by atoms with Gasteiger partial charge >= 0.3 is 0 Å². The van der Waals surface area contributed by atoms with Crippen molar-refractivity contribution in [1.29, 1.82) is 0 Å². The molecule has 0 aliphatic heterocycles. The zero-order valence-corrected chi connectivity index (χ0v) is 14.8. The van der Waals surface area contributed by atoms with E-state index in [1.54, 1.807) is 23.5 Å². The summed E-state index contributed by atoms with van der Waals surface area (Å²) >= 11 is 9.80. The van der Waals surface area contributed by atoms with Crippen LogP contribution in [0.5, 0.6) is 0 Å². The first kappa shape index (κ1) is 15.7. The van der Waals surface area contributed by atoms with E-state index in [9.17, 15) is 4.79 Å². The second-order valence-corrected chi connectivity index (χ2v) is 7.06. The van der Waals surface area contributed by atoms with Gasteiger partial charge in [0.1, 0.15) is 5.01 Å². The predicted octanol–water partition coefficient (Wildman–Crippen LogP) is 4.45. The fourth-order valence-electron chi connectivity index (χ4n) is 1.67. The standard InChI is InChI=1S/C14H14ClIN2OS/c1-3-10-7-17-14(20-10)8(2)18-13(19)9-4-5-12(16)11(15)6-9/h4-8H,3H2,1-2H3,(H,18,19). The van der Waals surface area contributed by atoms with Crippen LogP contribution in [0.25, 0.3) is 0 Å². The van der Waals surface area contributed by atoms with Gasteiger partial charge in [0.2, 0.25) is 0 Å². The Balaban J connectivity index is 2.08. The molecule has 0 saturated carbocycles. The van der Waals surface area contributed by atoms with E-state index >= 15 is 0 Å². The fourth-order valence-corrected chi connectivity index (χ4v) is 3.04. The second kappa shape index (κ2) is 6.87. The Kier molecular flexibility index (Phi) is 5.40. The minimum Gasteiger partial charge on any atom is -0.343 e. The third-order valence-corrected chi connectivity index (χ3v) is 5.72. The highest BCUT2D eigenvalue weighted by Crippen LogP contribution is 2.22. The number of aryl methyl sites for hydroxylation is 1. The van der Waals surface area contributed by atoms with Gasteiger partial charge in [0.05, 0.1) is 11.1 Å². The van der Waals surface area contributed by atoms with Crippen molar-refractivity contribution in [2.24, 2.45) is 0 Å². The number of carbonyl (C=O) groups is 1. The van der Waals surface area contributed by atoms with Gasteiger partial charge < -0.3 is 5.32 Å². The zero-order chi connectivity index (χ0) is 14.7. The van der Waals surface area contributed by atoms with E-state index in [0.29, 0.717) is 10.6 Å². The first-order valence-corrected chi connectivity index (χ1v) is 8.49. The Labute approximate surface area is 140 Å². The number of rotatable bonds is 4. The number of thiazole rings is 1. The van der Waals surface area contributed by atoms with E-state index in [1.807, 2.05) is 19.2 Å². The van der Waals surface area contributed by atoms with Crippen LogP contribution in [-0.4, -0.2) is 10.9 Å². The molecule has 0 spiro atoms. The van der Waals surface area contributed by atoms with E-state index in [2.05, 4.69) is 39.8 Å². The molecule has 106 valence electrons. The molecule has 0 aliphatic rings. The largest absolute Gasteiger partial charge is 0.343 e. The highest BCUT2D eigenvalue weighted by Gasteiger charge is 2.15. The normalized spacial score (nSPS) is 12.2. The molecule has 0 fully saturated rings. The molecule has 1 N–H and O–H groups in total. The molecule has 1 aromatic carbocycles. The smallest absolute Gasteiger partial charge is 0.251 e. The maximum atomic E-state index is 12.2. The van der Waals surface area contributed by atoms with Crippen molar-refractivity contribution in [3.05, 3.63) is 48.4 Å². The molecule has 0 radical (unpaired) electrons. The van der Waals surface area contributed by atoms with Crippen LogP contribution in [0.3, 0.4) is 0 Å². The molecule has 6 heteroatoms. The summed E-state index contributed by atoms with van der Waals surface area (Å²) in [4.78, 5) is 17.7. The van der Waals surface area contributed by atoms with Crippen molar-refractivity contribution in [2.75, 3.05) is 0 Å². The summed E-state index contributed by atoms with van der Waals surface area (Å²) in [5.74, 6) is -0.135. The van der Waals surface area contributed by atoms with E-state index < -0.39 is 0 Å². The van der Waals surface area contributed by atoms with Crippen LogP contribution in [0.2, 0.25) is 5.02 Å². The van der Waals surface area contributed by atoms with Gasteiger partial charge in [-0.25, -0.2) is 4.98 Å². The maximum absolute atomic E-state index is 12.2. The van der Waals surface area contributed by atoms with E-state index in [4.69, 9.17) is 11.6 Å². The number of nitrogens with one attached hydrogen (secondary N) is 1. The topological polar surface area (TPSA) is 42.0 Å². The van der Waals surface area contributed by atoms with Crippen molar-refractivity contribution in [3.8, 4) is 0 Å². The molecule has 1 atom stereocenters. The highest BCUT2D eigenvalue weighted by molar-refractivity contribution is 14.1. The zero-order valence-electron chi connectivity index (χ0n) is 11.1. The lowest BCUT2D eigenvalue weighted by molar-refractivity contribution is 0.0940. The molecule has 2 rings (SSSR count). The molecule has 0 bridgehead atoms. The lowest BCUT2D eigenvalue weighted by Crippen LogP contribution is -2.26. The Bertz CT molecular complexity index is 629. The van der Waals surface area contributed by atoms with Crippen LogP contribution in [-0.2, 0) is 6.42 Å². The molecule has 2 aromatic rings. The lowest BCUT2D eigenvalue weighted by Gasteiger charge is -2.11. The average Bonchev–Trinajstić information content (AvgIpc) is 2.90. The van der Waals surface area contributed by atoms with Crippen molar-refractivity contribution in [3.63, 3.8) is 0 Å². The van der Waals surface area contributed by atoms with Gasteiger partial charge in [-0.2, -0.15) is 0 Å². The molecule has 1 heterocycles. The van der Waals surface area contributed by atoms with Crippen molar-refractivity contribution < 1.29 is 4.79 Å². The van der Waals surface area contributed by atoms with Gasteiger partial charge in [-0.05, 0) is 54.1 Å². The average molecular weight is 421 g/mol. The quantitative estimate of drug-likeness (QED) is 0.742. The third-order valence-electron chi connectivity index (χ3n) is 2.82. The molecule has 1 unspecified atom stereocenters. The SMILES string of the molecule is CCc1cnc(C(C)NC(=O)c2ccc(I)c(Cl)c2)s1. The molecule has 20 heavy (non-hydrogen) atoms. The first-order chi connectivity index (χ1) is 9.51. The summed E-state index contributed by atoms with van der Waals surface area (Å²) in [5.41, 5.74) is 0.564. The van der Waals surface area contributed by atoms with Crippen LogP contribution in [0.4, 0.5) is 0 Å². The number of nitrogens with zero attached hydrogens (tertiary/aromatic N) is 1. The first-order valence-electron chi connectivity index (χ1n) is 6.21. The number of aromatic nitrogens is 1. The molecular weight excluding hydrogens is 407 g/mol. The monoisotopic (exact) mass is 420 g/mol. The summed E-state index contributed by atoms with van der Waals surface area (Å²) in [6, 6.07) is 5.19. The van der Waals surface area contributed by atoms with E-state index in [-0.39, 0.29) is 11.9 Å². The van der Waals surface area contributed by atoms with Gasteiger partial charge in [-0.3, -0.25) is 4.79 Å². The second-order valence-electron chi connectivity index (χ2n) is 4.34. The van der Waals surface area contributed by atoms with Crippen LogP contribution < -0.4 is 5.32 Å². The molecule has 1 amide bonds. The Morgan fingerprint density at radius 3 is 2.90 bits per heavy atom. The number of hydrogen-bond acceptors (Lipinski definition) is 3. The number of hydrogen-bond donors (Lipinski definition) is 1. The van der Waals surface area contributed by atoms with Gasteiger partial charge in [-0.1, -0.05) is 18.5 Å². The molecule has 1 aromatic heterocycles. The minimum atomic E-state index is -0.135. The van der Waals surface area contributed by atoms with Gasteiger partial charge in [0.25, 0.3) is 5.91 Å². The number of amides is 1. The van der Waals surface area contributed by atoms with Crippen LogP contribution in [0, 0.1) is 3.57 Å². The maximum Gasteiger partial charge on any atom is 0.251 e. The number of carbonyl (C=O) groups excluding carboxylic acids is 1. The van der Waals surface area contributed by atoms with E-state index in [1.165, 1.54) is 4.88 Å². The van der Waals surface area contributed by atoms with Crippen molar-refractivity contribution in [1.82, 2.24) is 10.3 Å². The van der Waals surface area contributed by atoms with E-state index in [0.717, 1.165) is 15.0 Å². The molecule has 0 aliphatic carbocycles. The molecular formula is C14H14ClIN2OS. The lowest BCUT2D eigenvalue weighted by atomic mass is 10.2. The summed E-state index contributed by atoms with van der Waals surface area (Å²) in [6.07, 6.45) is 2.83. The third kappa shape index (κ3) is 3.71. The van der Waals surface area contributed by atoms with Crippen LogP contribution in [0.15, 0.2) is 24.4 Å². The summed E-state index contributed by atoms with van der Waals surface area (Å²) in [5, 5.41) is 4.46. The summed E-state index contributed by atoms with van der Waals surface area (Å²) in [7, 11) is 0. The number of benzene rings is 1. The number of halogens is 2. The minimum absolute atomic E-state index is 0.106. The molecule has 0 saturated heterocycles. The van der Waals surface area contributed by atoms with Gasteiger partial charge in [0, 0.05) is 20.2 Å². The van der Waals surface area contributed by atoms with Crippen molar-refractivity contribution >= 4 is 51.4 Å². The van der Waals surface area contributed by atoms with Gasteiger partial charge in [0.15, 0.2) is 0 Å². The van der Waals surface area contributed by atoms with Gasteiger partial charge in [-0.15, -0.1) is 11.3 Å².